The number of hydrogen-bond donors (Lipinski definition) is 0. The van der Waals surface area contributed by atoms with Crippen LogP contribution in [-0.4, -0.2) is 43.8 Å². The van der Waals surface area contributed by atoms with Gasteiger partial charge in [-0.05, 0) is 78.6 Å². The second-order valence-electron chi connectivity index (χ2n) is 9.56. The topological polar surface area (TPSA) is 46.2 Å². The highest BCUT2D eigenvalue weighted by atomic mass is 16.7. The number of ether oxygens (including phenoxy) is 1. The molecule has 152 valence electrons. The number of rotatable bonds is 4. The molecule has 2 fully saturated rings. The summed E-state index contributed by atoms with van der Waals surface area (Å²) in [6.07, 6.45) is 0. The molecule has 1 aromatic carbocycles. The lowest BCUT2D eigenvalue weighted by Crippen LogP contribution is -2.41. The van der Waals surface area contributed by atoms with Crippen molar-refractivity contribution in [1.29, 1.82) is 0 Å². The van der Waals surface area contributed by atoms with E-state index in [0.29, 0.717) is 0 Å². The van der Waals surface area contributed by atoms with E-state index < -0.39 is 36.6 Å². The molecular weight excluding hydrogens is 354 g/mol. The molecular formula is C21H32B2O5. The Morgan fingerprint density at radius 2 is 1.18 bits per heavy atom. The third-order valence-electron chi connectivity index (χ3n) is 6.52. The maximum atomic E-state index is 6.32. The fourth-order valence-electron chi connectivity index (χ4n) is 3.17. The predicted molar refractivity (Wildman–Crippen MR) is 113 cm³/mol. The Morgan fingerprint density at radius 1 is 0.750 bits per heavy atom. The van der Waals surface area contributed by atoms with Crippen LogP contribution in [0.5, 0.6) is 5.75 Å². The first-order valence-electron chi connectivity index (χ1n) is 9.85. The average molecular weight is 386 g/mol. The zero-order chi connectivity index (χ0) is 21.0. The van der Waals surface area contributed by atoms with Crippen LogP contribution in [0.2, 0.25) is 0 Å². The van der Waals surface area contributed by atoms with E-state index in [1.807, 2.05) is 85.6 Å². The van der Waals surface area contributed by atoms with Crippen molar-refractivity contribution in [1.82, 2.24) is 0 Å². The number of methoxy groups -OCH3 is 1. The van der Waals surface area contributed by atoms with Crippen LogP contribution in [0.4, 0.5) is 0 Å². The SMILES string of the molecule is COc1ccc(/C(=C/B2OC(C)(C)C(C)(C)O2)B2OC(C)(C)C(C)(C)O2)cc1. The van der Waals surface area contributed by atoms with E-state index in [9.17, 15) is 0 Å². The van der Waals surface area contributed by atoms with Gasteiger partial charge >= 0.3 is 14.2 Å². The summed E-state index contributed by atoms with van der Waals surface area (Å²) < 4.78 is 30.3. The van der Waals surface area contributed by atoms with E-state index in [1.165, 1.54) is 0 Å². The van der Waals surface area contributed by atoms with Crippen LogP contribution in [-0.2, 0) is 18.6 Å². The van der Waals surface area contributed by atoms with Crippen LogP contribution >= 0.6 is 0 Å². The van der Waals surface area contributed by atoms with Crippen LogP contribution in [0.1, 0.15) is 61.0 Å². The molecule has 0 atom stereocenters. The summed E-state index contributed by atoms with van der Waals surface area (Å²) in [5.74, 6) is 2.77. The van der Waals surface area contributed by atoms with Gasteiger partial charge in [-0.15, -0.1) is 0 Å². The smallest absolute Gasteiger partial charge is 0.494 e. The van der Waals surface area contributed by atoms with Gasteiger partial charge in [0.2, 0.25) is 0 Å². The minimum absolute atomic E-state index is 0.408. The Bertz CT molecular complexity index is 721. The maximum Gasteiger partial charge on any atom is 0.494 e. The van der Waals surface area contributed by atoms with Crippen molar-refractivity contribution in [3.8, 4) is 5.75 Å². The van der Waals surface area contributed by atoms with E-state index in [0.717, 1.165) is 16.8 Å². The molecule has 0 saturated carbocycles. The molecule has 2 saturated heterocycles. The summed E-state index contributed by atoms with van der Waals surface area (Å²) in [5.41, 5.74) is 0.191. The summed E-state index contributed by atoms with van der Waals surface area (Å²) in [5, 5.41) is 0. The monoisotopic (exact) mass is 386 g/mol. The molecule has 3 rings (SSSR count). The van der Waals surface area contributed by atoms with E-state index in [1.54, 1.807) is 7.11 Å². The van der Waals surface area contributed by atoms with E-state index in [4.69, 9.17) is 23.4 Å². The lowest BCUT2D eigenvalue weighted by atomic mass is 9.68. The fourth-order valence-corrected chi connectivity index (χ4v) is 3.17. The van der Waals surface area contributed by atoms with Crippen molar-refractivity contribution < 1.29 is 23.4 Å². The van der Waals surface area contributed by atoms with Crippen LogP contribution in [0.25, 0.3) is 5.47 Å². The minimum Gasteiger partial charge on any atom is -0.497 e. The molecule has 0 aromatic heterocycles. The van der Waals surface area contributed by atoms with Gasteiger partial charge in [0.1, 0.15) is 5.75 Å². The molecule has 0 bridgehead atoms. The zero-order valence-corrected chi connectivity index (χ0v) is 18.6. The first kappa shape index (κ1) is 21.4. The van der Waals surface area contributed by atoms with Crippen molar-refractivity contribution in [3.05, 3.63) is 35.8 Å². The molecule has 5 nitrogen and oxygen atoms in total. The molecule has 0 amide bonds. The van der Waals surface area contributed by atoms with Gasteiger partial charge in [0.25, 0.3) is 0 Å². The van der Waals surface area contributed by atoms with Gasteiger partial charge in [0.15, 0.2) is 0 Å². The first-order valence-corrected chi connectivity index (χ1v) is 9.85. The summed E-state index contributed by atoms with van der Waals surface area (Å²) in [4.78, 5) is 0. The molecule has 7 heteroatoms. The maximum absolute atomic E-state index is 6.32. The van der Waals surface area contributed by atoms with E-state index >= 15 is 0 Å². The highest BCUT2D eigenvalue weighted by Gasteiger charge is 2.54. The minimum atomic E-state index is -0.516. The first-order chi connectivity index (χ1) is 12.8. The van der Waals surface area contributed by atoms with Gasteiger partial charge < -0.3 is 23.4 Å². The quantitative estimate of drug-likeness (QED) is 0.721. The van der Waals surface area contributed by atoms with Crippen molar-refractivity contribution >= 4 is 19.7 Å². The molecule has 0 radical (unpaired) electrons. The third kappa shape index (κ3) is 3.78. The van der Waals surface area contributed by atoms with Gasteiger partial charge in [0.05, 0.1) is 29.5 Å². The van der Waals surface area contributed by atoms with Crippen molar-refractivity contribution in [2.75, 3.05) is 7.11 Å². The lowest BCUT2D eigenvalue weighted by Gasteiger charge is -2.32. The standard InChI is InChI=1S/C21H32B2O5/c1-18(2)19(3,4)26-22(25-18)14-17(15-10-12-16(24-9)13-11-15)23-27-20(5,6)21(7,8)28-23/h10-14H,1-9H3/b17-14-. The average Bonchev–Trinajstić information content (AvgIpc) is 2.91. The normalized spacial score (nSPS) is 25.2. The Balaban J connectivity index is 1.98. The number of benzene rings is 1. The number of hydrogen-bond acceptors (Lipinski definition) is 5. The second-order valence-corrected chi connectivity index (χ2v) is 9.56. The molecule has 28 heavy (non-hydrogen) atoms. The van der Waals surface area contributed by atoms with Crippen LogP contribution in [0.3, 0.4) is 0 Å². The fraction of sp³-hybridized carbons (Fsp3) is 0.619. The van der Waals surface area contributed by atoms with Crippen molar-refractivity contribution in [3.63, 3.8) is 0 Å². The summed E-state index contributed by atoms with van der Waals surface area (Å²) in [7, 11) is 0.656. The zero-order valence-electron chi connectivity index (χ0n) is 18.6. The van der Waals surface area contributed by atoms with Gasteiger partial charge in [-0.3, -0.25) is 0 Å². The highest BCUT2D eigenvalue weighted by molar-refractivity contribution is 6.72. The van der Waals surface area contributed by atoms with Gasteiger partial charge in [-0.2, -0.15) is 0 Å². The van der Waals surface area contributed by atoms with Crippen molar-refractivity contribution in [2.24, 2.45) is 0 Å². The van der Waals surface area contributed by atoms with Gasteiger partial charge in [0, 0.05) is 0 Å². The molecule has 2 aliphatic rings. The second kappa shape index (κ2) is 6.91. The molecule has 0 aliphatic carbocycles. The molecule has 2 heterocycles. The largest absolute Gasteiger partial charge is 0.497 e. The molecule has 1 aromatic rings. The Kier molecular flexibility index (Phi) is 5.29. The molecule has 0 unspecified atom stereocenters. The highest BCUT2D eigenvalue weighted by Crippen LogP contribution is 2.42. The van der Waals surface area contributed by atoms with E-state index in [2.05, 4.69) is 0 Å². The Hall–Kier alpha value is -1.27. The van der Waals surface area contributed by atoms with Crippen molar-refractivity contribution in [2.45, 2.75) is 77.8 Å². The lowest BCUT2D eigenvalue weighted by molar-refractivity contribution is 0.00578. The third-order valence-corrected chi connectivity index (χ3v) is 6.52. The van der Waals surface area contributed by atoms with Crippen LogP contribution in [0, 0.1) is 0 Å². The van der Waals surface area contributed by atoms with Gasteiger partial charge in [-0.25, -0.2) is 0 Å². The predicted octanol–water partition coefficient (Wildman–Crippen LogP) is 4.34. The van der Waals surface area contributed by atoms with Gasteiger partial charge in [-0.1, -0.05) is 18.1 Å². The Morgan fingerprint density at radius 3 is 1.61 bits per heavy atom. The summed E-state index contributed by atoms with van der Waals surface area (Å²) in [6.45, 7) is 16.4. The van der Waals surface area contributed by atoms with Crippen LogP contribution in [0.15, 0.2) is 30.2 Å². The Labute approximate surface area is 170 Å². The van der Waals surface area contributed by atoms with E-state index in [-0.39, 0.29) is 0 Å². The molecule has 0 N–H and O–H groups in total. The molecule has 0 spiro atoms. The summed E-state index contributed by atoms with van der Waals surface area (Å²) >= 11 is 0. The molecule has 2 aliphatic heterocycles. The van der Waals surface area contributed by atoms with Crippen LogP contribution < -0.4 is 4.74 Å². The summed E-state index contributed by atoms with van der Waals surface area (Å²) in [6, 6.07) is 7.86.